The lowest BCUT2D eigenvalue weighted by Crippen LogP contribution is -2.41. The van der Waals surface area contributed by atoms with Crippen LogP contribution in [0.25, 0.3) is 5.57 Å². The molecule has 0 saturated heterocycles. The first-order chi connectivity index (χ1) is 14.7. The van der Waals surface area contributed by atoms with Crippen molar-refractivity contribution < 1.29 is 27.5 Å². The predicted octanol–water partition coefficient (Wildman–Crippen LogP) is 4.56. The zero-order chi connectivity index (χ0) is 22.2. The van der Waals surface area contributed by atoms with Gasteiger partial charge in [-0.1, -0.05) is 12.1 Å². The lowest BCUT2D eigenvalue weighted by Gasteiger charge is -2.28. The van der Waals surface area contributed by atoms with Crippen molar-refractivity contribution in [3.63, 3.8) is 0 Å². The SMILES string of the molecule is CN1C(=O)NCc2c(NC(=O)C=C3CCCOc4cc(C(F)(F)F)ccc43)cccc21. The first-order valence-electron chi connectivity index (χ1n) is 9.73. The molecule has 0 bridgehead atoms. The van der Waals surface area contributed by atoms with Crippen molar-refractivity contribution in [3.8, 4) is 5.75 Å². The van der Waals surface area contributed by atoms with E-state index >= 15 is 0 Å². The minimum absolute atomic E-state index is 0.118. The molecule has 0 aliphatic carbocycles. The van der Waals surface area contributed by atoms with Crippen LogP contribution in [0.1, 0.15) is 29.5 Å². The molecule has 0 atom stereocenters. The van der Waals surface area contributed by atoms with E-state index < -0.39 is 17.6 Å². The van der Waals surface area contributed by atoms with Crippen LogP contribution in [0.4, 0.5) is 29.3 Å². The number of nitrogens with zero attached hydrogens (tertiary/aromatic N) is 1. The molecule has 162 valence electrons. The van der Waals surface area contributed by atoms with Crippen LogP contribution >= 0.6 is 0 Å². The number of alkyl halides is 3. The zero-order valence-electron chi connectivity index (χ0n) is 16.7. The predicted molar refractivity (Wildman–Crippen MR) is 110 cm³/mol. The largest absolute Gasteiger partial charge is 0.493 e. The van der Waals surface area contributed by atoms with E-state index in [1.54, 1.807) is 25.2 Å². The second kappa shape index (κ2) is 7.98. The molecule has 0 radical (unpaired) electrons. The van der Waals surface area contributed by atoms with Crippen LogP contribution in [0, 0.1) is 0 Å². The highest BCUT2D eigenvalue weighted by atomic mass is 19.4. The van der Waals surface area contributed by atoms with E-state index in [1.807, 2.05) is 0 Å². The van der Waals surface area contributed by atoms with Gasteiger partial charge in [0.1, 0.15) is 5.75 Å². The molecule has 3 amide bonds. The summed E-state index contributed by atoms with van der Waals surface area (Å²) in [6.07, 6.45) is -2.00. The highest BCUT2D eigenvalue weighted by Crippen LogP contribution is 2.38. The summed E-state index contributed by atoms with van der Waals surface area (Å²) in [5.41, 5.74) is 2.32. The molecule has 31 heavy (non-hydrogen) atoms. The number of nitrogens with one attached hydrogen (secondary N) is 2. The number of urea groups is 1. The third-order valence-corrected chi connectivity index (χ3v) is 5.30. The molecule has 2 aliphatic heterocycles. The number of anilines is 2. The number of benzene rings is 2. The molecule has 0 unspecified atom stereocenters. The lowest BCUT2D eigenvalue weighted by molar-refractivity contribution is -0.137. The van der Waals surface area contributed by atoms with Crippen molar-refractivity contribution in [3.05, 3.63) is 59.2 Å². The number of halogens is 3. The molecule has 9 heteroatoms. The molecule has 2 aromatic rings. The highest BCUT2D eigenvalue weighted by molar-refractivity contribution is 6.06. The number of rotatable bonds is 2. The summed E-state index contributed by atoms with van der Waals surface area (Å²) in [7, 11) is 1.64. The fourth-order valence-electron chi connectivity index (χ4n) is 3.72. The van der Waals surface area contributed by atoms with E-state index in [0.29, 0.717) is 35.4 Å². The van der Waals surface area contributed by atoms with Crippen molar-refractivity contribution >= 4 is 28.9 Å². The van der Waals surface area contributed by atoms with Gasteiger partial charge in [0.15, 0.2) is 0 Å². The van der Waals surface area contributed by atoms with Gasteiger partial charge >= 0.3 is 12.2 Å². The normalized spacial score (nSPS) is 17.2. The number of ether oxygens (including phenoxy) is 1. The van der Waals surface area contributed by atoms with Gasteiger partial charge in [0.2, 0.25) is 5.91 Å². The Morgan fingerprint density at radius 2 is 2.06 bits per heavy atom. The molecular weight excluding hydrogens is 411 g/mol. The Hall–Kier alpha value is -3.49. The minimum atomic E-state index is -4.47. The van der Waals surface area contributed by atoms with Gasteiger partial charge in [0, 0.05) is 36.5 Å². The van der Waals surface area contributed by atoms with Crippen LogP contribution in [0.5, 0.6) is 5.75 Å². The molecule has 2 heterocycles. The van der Waals surface area contributed by atoms with Gasteiger partial charge in [-0.25, -0.2) is 4.79 Å². The maximum Gasteiger partial charge on any atom is 0.416 e. The third-order valence-electron chi connectivity index (χ3n) is 5.30. The average Bonchev–Trinajstić information content (AvgIpc) is 2.92. The molecule has 6 nitrogen and oxygen atoms in total. The maximum absolute atomic E-state index is 13.0. The second-order valence-electron chi connectivity index (χ2n) is 7.34. The Morgan fingerprint density at radius 3 is 2.84 bits per heavy atom. The van der Waals surface area contributed by atoms with Crippen LogP contribution in [0.2, 0.25) is 0 Å². The number of carbonyl (C=O) groups is 2. The standard InChI is InChI=1S/C22H20F3N3O3/c1-28-18-6-2-5-17(16(18)12-26-21(28)30)27-20(29)10-13-4-3-9-31-19-11-14(22(23,24)25)7-8-15(13)19/h2,5-8,10-11H,3-4,9,12H2,1H3,(H,26,30)(H,27,29). The van der Waals surface area contributed by atoms with Crippen LogP contribution in [-0.2, 0) is 17.5 Å². The van der Waals surface area contributed by atoms with Crippen molar-refractivity contribution in [2.45, 2.75) is 25.6 Å². The van der Waals surface area contributed by atoms with Gasteiger partial charge < -0.3 is 15.4 Å². The first kappa shape index (κ1) is 20.8. The smallest absolute Gasteiger partial charge is 0.416 e. The molecule has 0 saturated carbocycles. The first-order valence-corrected chi connectivity index (χ1v) is 9.73. The number of carbonyl (C=O) groups excluding carboxylic acids is 2. The van der Waals surface area contributed by atoms with Crippen molar-refractivity contribution in [1.82, 2.24) is 5.32 Å². The van der Waals surface area contributed by atoms with Crippen LogP contribution in [0.3, 0.4) is 0 Å². The van der Waals surface area contributed by atoms with Crippen molar-refractivity contribution in [2.75, 3.05) is 23.9 Å². The summed E-state index contributed by atoms with van der Waals surface area (Å²) in [5, 5.41) is 5.56. The van der Waals surface area contributed by atoms with E-state index in [9.17, 15) is 22.8 Å². The summed E-state index contributed by atoms with van der Waals surface area (Å²) in [4.78, 5) is 26.0. The monoisotopic (exact) mass is 431 g/mol. The van der Waals surface area contributed by atoms with Gasteiger partial charge in [0.05, 0.1) is 17.9 Å². The van der Waals surface area contributed by atoms with Gasteiger partial charge in [0.25, 0.3) is 0 Å². The molecule has 2 N–H and O–H groups in total. The molecule has 2 aliphatic rings. The Balaban J connectivity index is 1.62. The van der Waals surface area contributed by atoms with Crippen LogP contribution in [0.15, 0.2) is 42.5 Å². The number of amides is 3. The Bertz CT molecular complexity index is 1080. The van der Waals surface area contributed by atoms with Crippen molar-refractivity contribution in [1.29, 1.82) is 0 Å². The average molecular weight is 431 g/mol. The van der Waals surface area contributed by atoms with Gasteiger partial charge in [-0.2, -0.15) is 13.2 Å². The Labute approximate surface area is 176 Å². The summed E-state index contributed by atoms with van der Waals surface area (Å²) in [6.45, 7) is 0.550. The van der Waals surface area contributed by atoms with E-state index in [-0.39, 0.29) is 24.9 Å². The quantitative estimate of drug-likeness (QED) is 0.685. The van der Waals surface area contributed by atoms with Gasteiger partial charge in [-0.3, -0.25) is 9.69 Å². The minimum Gasteiger partial charge on any atom is -0.493 e. The molecule has 4 rings (SSSR count). The zero-order valence-corrected chi connectivity index (χ0v) is 16.7. The summed E-state index contributed by atoms with van der Waals surface area (Å²) in [5.74, 6) is -0.288. The highest BCUT2D eigenvalue weighted by Gasteiger charge is 2.32. The molecule has 2 aromatic carbocycles. The topological polar surface area (TPSA) is 70.7 Å². The number of hydrogen-bond acceptors (Lipinski definition) is 3. The molecule has 0 fully saturated rings. The summed E-state index contributed by atoms with van der Waals surface area (Å²) >= 11 is 0. The van der Waals surface area contributed by atoms with E-state index in [1.165, 1.54) is 17.0 Å². The second-order valence-corrected chi connectivity index (χ2v) is 7.34. The molecule has 0 spiro atoms. The van der Waals surface area contributed by atoms with E-state index in [4.69, 9.17) is 4.74 Å². The number of allylic oxidation sites excluding steroid dienone is 1. The Kier molecular flexibility index (Phi) is 5.34. The maximum atomic E-state index is 13.0. The van der Waals surface area contributed by atoms with Crippen LogP contribution < -0.4 is 20.3 Å². The number of hydrogen-bond donors (Lipinski definition) is 2. The van der Waals surface area contributed by atoms with E-state index in [2.05, 4.69) is 10.6 Å². The summed E-state index contributed by atoms with van der Waals surface area (Å²) in [6, 6.07) is 8.34. The Morgan fingerprint density at radius 1 is 1.26 bits per heavy atom. The number of fused-ring (bicyclic) bond motifs is 2. The fourth-order valence-corrected chi connectivity index (χ4v) is 3.72. The molecule has 0 aromatic heterocycles. The summed E-state index contributed by atoms with van der Waals surface area (Å²) < 4.78 is 44.6. The van der Waals surface area contributed by atoms with E-state index in [0.717, 1.165) is 17.7 Å². The fraction of sp³-hybridized carbons (Fsp3) is 0.273. The van der Waals surface area contributed by atoms with Crippen LogP contribution in [-0.4, -0.2) is 25.6 Å². The van der Waals surface area contributed by atoms with Gasteiger partial charge in [-0.05, 0) is 42.7 Å². The van der Waals surface area contributed by atoms with Gasteiger partial charge in [-0.15, -0.1) is 0 Å². The molecular formula is C22H20F3N3O3. The third kappa shape index (κ3) is 4.21. The lowest BCUT2D eigenvalue weighted by atomic mass is 9.99. The van der Waals surface area contributed by atoms with Crippen molar-refractivity contribution in [2.24, 2.45) is 0 Å².